The van der Waals surface area contributed by atoms with Crippen LogP contribution in [-0.4, -0.2) is 17.0 Å². The summed E-state index contributed by atoms with van der Waals surface area (Å²) in [5, 5.41) is 11.9. The number of hydrogen-bond acceptors (Lipinski definition) is 2. The third-order valence-corrected chi connectivity index (χ3v) is 4.67. The highest BCUT2D eigenvalue weighted by molar-refractivity contribution is 5.86. The SMILES string of the molecule is Cc1cccc(-c2cccc(CNC(=O)C3CCC3C(=O)O)c2)c1. The Hall–Kier alpha value is -2.62. The number of amides is 1. The second kappa shape index (κ2) is 6.87. The number of nitrogens with one attached hydrogen (secondary N) is 1. The van der Waals surface area contributed by atoms with Crippen molar-refractivity contribution < 1.29 is 14.7 Å². The van der Waals surface area contributed by atoms with E-state index in [9.17, 15) is 9.59 Å². The van der Waals surface area contributed by atoms with Gasteiger partial charge in [0.15, 0.2) is 0 Å². The van der Waals surface area contributed by atoms with Gasteiger partial charge in [0.05, 0.1) is 11.8 Å². The number of carbonyl (C=O) groups excluding carboxylic acids is 1. The first-order valence-corrected chi connectivity index (χ1v) is 8.21. The van der Waals surface area contributed by atoms with Gasteiger partial charge in [0.2, 0.25) is 5.91 Å². The van der Waals surface area contributed by atoms with Crippen LogP contribution < -0.4 is 5.32 Å². The fraction of sp³-hybridized carbons (Fsp3) is 0.300. The maximum absolute atomic E-state index is 12.1. The highest BCUT2D eigenvalue weighted by Crippen LogP contribution is 2.34. The molecule has 2 unspecified atom stereocenters. The lowest BCUT2D eigenvalue weighted by atomic mass is 9.73. The maximum Gasteiger partial charge on any atom is 0.307 e. The van der Waals surface area contributed by atoms with Crippen LogP contribution in [0.5, 0.6) is 0 Å². The fourth-order valence-electron chi connectivity index (χ4n) is 3.12. The van der Waals surface area contributed by atoms with E-state index in [1.165, 1.54) is 5.56 Å². The number of hydrogen-bond donors (Lipinski definition) is 2. The summed E-state index contributed by atoms with van der Waals surface area (Å²) in [7, 11) is 0. The van der Waals surface area contributed by atoms with Crippen LogP contribution in [0, 0.1) is 18.8 Å². The Kier molecular flexibility index (Phi) is 4.65. The van der Waals surface area contributed by atoms with E-state index in [-0.39, 0.29) is 11.8 Å². The zero-order chi connectivity index (χ0) is 17.1. The molecule has 2 N–H and O–H groups in total. The normalized spacial score (nSPS) is 19.4. The van der Waals surface area contributed by atoms with Gasteiger partial charge in [0, 0.05) is 6.54 Å². The van der Waals surface area contributed by atoms with Crippen molar-refractivity contribution in [1.29, 1.82) is 0 Å². The largest absolute Gasteiger partial charge is 0.481 e. The molecule has 0 spiro atoms. The Morgan fingerprint density at radius 2 is 1.71 bits per heavy atom. The standard InChI is InChI=1S/C20H21NO3/c1-13-4-2-6-15(10-13)16-7-3-5-14(11-16)12-21-19(22)17-8-9-18(17)20(23)24/h2-7,10-11,17-18H,8-9,12H2,1H3,(H,21,22)(H,23,24). The molecular formula is C20H21NO3. The highest BCUT2D eigenvalue weighted by Gasteiger charge is 2.41. The number of carbonyl (C=O) groups is 2. The minimum atomic E-state index is -0.872. The summed E-state index contributed by atoms with van der Waals surface area (Å²) in [6.07, 6.45) is 1.25. The molecule has 3 rings (SSSR count). The molecule has 1 aliphatic carbocycles. The van der Waals surface area contributed by atoms with Crippen LogP contribution in [0.25, 0.3) is 11.1 Å². The first-order valence-electron chi connectivity index (χ1n) is 8.21. The summed E-state index contributed by atoms with van der Waals surface area (Å²) < 4.78 is 0. The van der Waals surface area contributed by atoms with Gasteiger partial charge in [-0.3, -0.25) is 9.59 Å². The number of carboxylic acids is 1. The van der Waals surface area contributed by atoms with E-state index < -0.39 is 11.9 Å². The third-order valence-electron chi connectivity index (χ3n) is 4.67. The first kappa shape index (κ1) is 16.2. The summed E-state index contributed by atoms with van der Waals surface area (Å²) >= 11 is 0. The van der Waals surface area contributed by atoms with Gasteiger partial charge >= 0.3 is 5.97 Å². The van der Waals surface area contributed by atoms with E-state index in [0.717, 1.165) is 16.7 Å². The van der Waals surface area contributed by atoms with Crippen LogP contribution in [0.15, 0.2) is 48.5 Å². The molecule has 1 amide bonds. The lowest BCUT2D eigenvalue weighted by Crippen LogP contribution is -2.43. The molecule has 0 aromatic heterocycles. The Morgan fingerprint density at radius 3 is 2.33 bits per heavy atom. The molecule has 2 aromatic carbocycles. The van der Waals surface area contributed by atoms with Gasteiger partial charge in [-0.1, -0.05) is 48.0 Å². The zero-order valence-corrected chi connectivity index (χ0v) is 13.7. The van der Waals surface area contributed by atoms with Gasteiger partial charge in [-0.05, 0) is 42.5 Å². The molecular weight excluding hydrogens is 302 g/mol. The van der Waals surface area contributed by atoms with Gasteiger partial charge in [-0.25, -0.2) is 0 Å². The Bertz CT molecular complexity index is 769. The molecule has 124 valence electrons. The molecule has 2 aromatic rings. The van der Waals surface area contributed by atoms with Crippen molar-refractivity contribution in [3.05, 3.63) is 59.7 Å². The van der Waals surface area contributed by atoms with Crippen molar-refractivity contribution in [3.8, 4) is 11.1 Å². The van der Waals surface area contributed by atoms with Gasteiger partial charge in [0.25, 0.3) is 0 Å². The summed E-state index contributed by atoms with van der Waals surface area (Å²) in [6, 6.07) is 16.3. The van der Waals surface area contributed by atoms with Crippen molar-refractivity contribution in [3.63, 3.8) is 0 Å². The van der Waals surface area contributed by atoms with Crippen LogP contribution in [-0.2, 0) is 16.1 Å². The lowest BCUT2D eigenvalue weighted by Gasteiger charge is -2.31. The molecule has 1 saturated carbocycles. The van der Waals surface area contributed by atoms with Crippen molar-refractivity contribution >= 4 is 11.9 Å². The quantitative estimate of drug-likeness (QED) is 0.886. The smallest absolute Gasteiger partial charge is 0.307 e. The maximum atomic E-state index is 12.1. The topological polar surface area (TPSA) is 66.4 Å². The minimum absolute atomic E-state index is 0.158. The first-order chi connectivity index (χ1) is 11.5. The van der Waals surface area contributed by atoms with Gasteiger partial charge in [-0.2, -0.15) is 0 Å². The molecule has 0 radical (unpaired) electrons. The molecule has 0 saturated heterocycles. The van der Waals surface area contributed by atoms with Gasteiger partial charge in [0.1, 0.15) is 0 Å². The van der Waals surface area contributed by atoms with Crippen molar-refractivity contribution in [1.82, 2.24) is 5.32 Å². The van der Waals surface area contributed by atoms with Crippen molar-refractivity contribution in [2.24, 2.45) is 11.8 Å². The molecule has 0 bridgehead atoms. The van der Waals surface area contributed by atoms with Gasteiger partial charge < -0.3 is 10.4 Å². The van der Waals surface area contributed by atoms with E-state index in [4.69, 9.17) is 5.11 Å². The van der Waals surface area contributed by atoms with Crippen LogP contribution in [0.2, 0.25) is 0 Å². The molecule has 0 aliphatic heterocycles. The summed E-state index contributed by atoms with van der Waals surface area (Å²) in [6.45, 7) is 2.48. The van der Waals surface area contributed by atoms with E-state index in [0.29, 0.717) is 19.4 Å². The van der Waals surface area contributed by atoms with Crippen LogP contribution in [0.3, 0.4) is 0 Å². The second-order valence-electron chi connectivity index (χ2n) is 6.42. The fourth-order valence-corrected chi connectivity index (χ4v) is 3.12. The minimum Gasteiger partial charge on any atom is -0.481 e. The number of benzene rings is 2. The predicted octanol–water partition coefficient (Wildman–Crippen LogP) is 3.39. The number of rotatable bonds is 5. The van der Waals surface area contributed by atoms with E-state index in [1.54, 1.807) is 0 Å². The van der Waals surface area contributed by atoms with E-state index in [2.05, 4.69) is 36.5 Å². The van der Waals surface area contributed by atoms with Crippen LogP contribution in [0.1, 0.15) is 24.0 Å². The van der Waals surface area contributed by atoms with Crippen LogP contribution >= 0.6 is 0 Å². The Morgan fingerprint density at radius 1 is 1.04 bits per heavy atom. The van der Waals surface area contributed by atoms with Crippen molar-refractivity contribution in [2.75, 3.05) is 0 Å². The second-order valence-corrected chi connectivity index (χ2v) is 6.42. The summed E-state index contributed by atoms with van der Waals surface area (Å²) in [5.74, 6) is -1.94. The number of aryl methyl sites for hydroxylation is 1. The summed E-state index contributed by atoms with van der Waals surface area (Å²) in [4.78, 5) is 23.2. The van der Waals surface area contributed by atoms with Crippen LogP contribution in [0.4, 0.5) is 0 Å². The van der Waals surface area contributed by atoms with Crippen molar-refractivity contribution in [2.45, 2.75) is 26.3 Å². The Labute approximate surface area is 141 Å². The monoisotopic (exact) mass is 323 g/mol. The highest BCUT2D eigenvalue weighted by atomic mass is 16.4. The lowest BCUT2D eigenvalue weighted by molar-refractivity contribution is -0.152. The zero-order valence-electron chi connectivity index (χ0n) is 13.7. The molecule has 1 fully saturated rings. The van der Waals surface area contributed by atoms with E-state index >= 15 is 0 Å². The molecule has 4 heteroatoms. The summed E-state index contributed by atoms with van der Waals surface area (Å²) in [5.41, 5.74) is 4.47. The van der Waals surface area contributed by atoms with E-state index in [1.807, 2.05) is 24.3 Å². The third kappa shape index (κ3) is 3.48. The average molecular weight is 323 g/mol. The number of carboxylic acid groups (broad SMARTS) is 1. The number of aliphatic carboxylic acids is 1. The molecule has 1 aliphatic rings. The molecule has 4 nitrogen and oxygen atoms in total. The molecule has 0 heterocycles. The van der Waals surface area contributed by atoms with Gasteiger partial charge in [-0.15, -0.1) is 0 Å². The predicted molar refractivity (Wildman–Crippen MR) is 92.3 cm³/mol. The Balaban J connectivity index is 1.65. The molecule has 2 atom stereocenters. The molecule has 24 heavy (non-hydrogen) atoms. The average Bonchev–Trinajstić information content (AvgIpc) is 2.51.